The van der Waals surface area contributed by atoms with Gasteiger partial charge in [-0.05, 0) is 53.4 Å². The number of hydrogen-bond donors (Lipinski definition) is 1. The van der Waals surface area contributed by atoms with Crippen LogP contribution in [-0.4, -0.2) is 28.4 Å². The molecule has 0 atom stereocenters. The van der Waals surface area contributed by atoms with Crippen molar-refractivity contribution in [3.63, 3.8) is 0 Å². The number of nitrogens with zero attached hydrogens (tertiary/aromatic N) is 4. The Hall–Kier alpha value is -2.97. The Morgan fingerprint density at radius 1 is 1.03 bits per heavy atom. The maximum Gasteiger partial charge on any atom is 0.261 e. The van der Waals surface area contributed by atoms with Gasteiger partial charge in [0.2, 0.25) is 5.65 Å². The van der Waals surface area contributed by atoms with Crippen LogP contribution in [0, 0.1) is 0 Å². The van der Waals surface area contributed by atoms with E-state index in [0.717, 1.165) is 5.56 Å². The van der Waals surface area contributed by atoms with Gasteiger partial charge in [0.05, 0.1) is 16.3 Å². The second-order valence-corrected chi connectivity index (χ2v) is 10.0. The Bertz CT molecular complexity index is 1330. The zero-order valence-electron chi connectivity index (χ0n) is 16.7. The predicted octanol–water partition coefficient (Wildman–Crippen LogP) is 4.57. The quantitative estimate of drug-likeness (QED) is 0.501. The molecule has 0 aliphatic carbocycles. The van der Waals surface area contributed by atoms with Crippen molar-refractivity contribution < 1.29 is 8.42 Å². The fraction of sp³-hybridized carbons (Fsp3) is 0.190. The highest BCUT2D eigenvalue weighted by molar-refractivity contribution is 7.92. The molecule has 0 radical (unpaired) electrons. The zero-order chi connectivity index (χ0) is 21.5. The molecule has 4 rings (SSSR count). The first-order valence-corrected chi connectivity index (χ1v) is 11.1. The fourth-order valence-corrected chi connectivity index (χ4v) is 4.29. The van der Waals surface area contributed by atoms with E-state index in [1.165, 1.54) is 4.68 Å². The summed E-state index contributed by atoms with van der Waals surface area (Å²) < 4.78 is 30.2. The van der Waals surface area contributed by atoms with Crippen LogP contribution in [0.15, 0.2) is 65.7 Å². The summed E-state index contributed by atoms with van der Waals surface area (Å²) in [5.41, 5.74) is 2.85. The minimum Gasteiger partial charge on any atom is -0.277 e. The van der Waals surface area contributed by atoms with Gasteiger partial charge >= 0.3 is 0 Å². The summed E-state index contributed by atoms with van der Waals surface area (Å²) in [7, 11) is -3.83. The Labute approximate surface area is 179 Å². The lowest BCUT2D eigenvalue weighted by Gasteiger charge is -2.19. The standard InChI is InChI=1S/C21H20ClN5O2S/c1-21(2,3)14-6-9-16(10-7-14)30(28,29)25-17-11-8-15(22)13-19(17)27-18-5-4-12-23-20(18)24-26-27/h4-13,25H,1-3H3. The number of aromatic nitrogens is 4. The highest BCUT2D eigenvalue weighted by Gasteiger charge is 2.20. The Balaban J connectivity index is 1.75. The van der Waals surface area contributed by atoms with Gasteiger partial charge in [-0.3, -0.25) is 4.72 Å². The number of rotatable bonds is 4. The van der Waals surface area contributed by atoms with E-state index in [0.29, 0.717) is 27.6 Å². The SMILES string of the molecule is CC(C)(C)c1ccc(S(=O)(=O)Nc2ccc(Cl)cc2-n2nnc3ncccc32)cc1. The molecule has 2 aromatic heterocycles. The summed E-state index contributed by atoms with van der Waals surface area (Å²) >= 11 is 6.18. The lowest BCUT2D eigenvalue weighted by atomic mass is 9.87. The molecule has 4 aromatic rings. The molecule has 0 spiro atoms. The number of sulfonamides is 1. The van der Waals surface area contributed by atoms with Crippen molar-refractivity contribution in [2.75, 3.05) is 4.72 Å². The molecule has 9 heteroatoms. The first-order chi connectivity index (χ1) is 14.1. The molecule has 1 N–H and O–H groups in total. The maximum absolute atomic E-state index is 13.0. The fourth-order valence-electron chi connectivity index (χ4n) is 3.05. The van der Waals surface area contributed by atoms with E-state index in [-0.39, 0.29) is 10.3 Å². The van der Waals surface area contributed by atoms with Gasteiger partial charge in [-0.15, -0.1) is 5.10 Å². The van der Waals surface area contributed by atoms with E-state index in [1.807, 2.05) is 12.1 Å². The van der Waals surface area contributed by atoms with Gasteiger partial charge in [-0.1, -0.05) is 49.7 Å². The van der Waals surface area contributed by atoms with Crippen LogP contribution < -0.4 is 4.72 Å². The Morgan fingerprint density at radius 2 is 1.77 bits per heavy atom. The third-order valence-electron chi connectivity index (χ3n) is 4.69. The van der Waals surface area contributed by atoms with Gasteiger partial charge in [-0.2, -0.15) is 0 Å². The molecule has 30 heavy (non-hydrogen) atoms. The van der Waals surface area contributed by atoms with Crippen LogP contribution in [0.5, 0.6) is 0 Å². The third kappa shape index (κ3) is 3.88. The van der Waals surface area contributed by atoms with E-state index in [1.54, 1.807) is 48.7 Å². The topological polar surface area (TPSA) is 89.8 Å². The number of nitrogens with one attached hydrogen (secondary N) is 1. The van der Waals surface area contributed by atoms with E-state index in [9.17, 15) is 8.42 Å². The number of hydrogen-bond acceptors (Lipinski definition) is 5. The van der Waals surface area contributed by atoms with E-state index < -0.39 is 10.0 Å². The zero-order valence-corrected chi connectivity index (χ0v) is 18.2. The van der Waals surface area contributed by atoms with Crippen LogP contribution in [-0.2, 0) is 15.4 Å². The number of fused-ring (bicyclic) bond motifs is 1. The van der Waals surface area contributed by atoms with Crippen molar-refractivity contribution in [1.82, 2.24) is 20.0 Å². The van der Waals surface area contributed by atoms with Crippen molar-refractivity contribution in [3.05, 3.63) is 71.4 Å². The van der Waals surface area contributed by atoms with E-state index in [4.69, 9.17) is 11.6 Å². The van der Waals surface area contributed by atoms with Crippen LogP contribution in [0.2, 0.25) is 5.02 Å². The number of anilines is 1. The van der Waals surface area contributed by atoms with Crippen molar-refractivity contribution in [2.45, 2.75) is 31.1 Å². The van der Waals surface area contributed by atoms with E-state index in [2.05, 4.69) is 40.8 Å². The first-order valence-electron chi connectivity index (χ1n) is 9.25. The highest BCUT2D eigenvalue weighted by atomic mass is 35.5. The molecule has 2 heterocycles. The summed E-state index contributed by atoms with van der Waals surface area (Å²) in [5, 5.41) is 8.59. The molecule has 0 aliphatic heterocycles. The van der Waals surface area contributed by atoms with Crippen LogP contribution in [0.3, 0.4) is 0 Å². The number of pyridine rings is 1. The molecule has 0 unspecified atom stereocenters. The summed E-state index contributed by atoms with van der Waals surface area (Å²) in [6.07, 6.45) is 1.62. The van der Waals surface area contributed by atoms with Crippen molar-refractivity contribution in [2.24, 2.45) is 0 Å². The number of halogens is 1. The molecule has 2 aromatic carbocycles. The largest absolute Gasteiger partial charge is 0.277 e. The van der Waals surface area contributed by atoms with Crippen molar-refractivity contribution in [3.8, 4) is 5.69 Å². The average Bonchev–Trinajstić information content (AvgIpc) is 3.13. The third-order valence-corrected chi connectivity index (χ3v) is 6.30. The molecule has 0 saturated heterocycles. The summed E-state index contributed by atoms with van der Waals surface area (Å²) in [6, 6.07) is 15.3. The van der Waals surface area contributed by atoms with E-state index >= 15 is 0 Å². The molecular weight excluding hydrogens is 422 g/mol. The molecule has 154 valence electrons. The van der Waals surface area contributed by atoms with Crippen LogP contribution in [0.1, 0.15) is 26.3 Å². The van der Waals surface area contributed by atoms with Crippen molar-refractivity contribution >= 4 is 38.5 Å². The van der Waals surface area contributed by atoms with Crippen molar-refractivity contribution in [1.29, 1.82) is 0 Å². The minimum absolute atomic E-state index is 0.0682. The normalized spacial score (nSPS) is 12.3. The lowest BCUT2D eigenvalue weighted by Crippen LogP contribution is -2.16. The molecule has 0 fully saturated rings. The summed E-state index contributed by atoms with van der Waals surface area (Å²) in [5.74, 6) is 0. The molecule has 0 bridgehead atoms. The Kier molecular flexibility index (Phi) is 4.99. The monoisotopic (exact) mass is 441 g/mol. The summed E-state index contributed by atoms with van der Waals surface area (Å²) in [6.45, 7) is 6.23. The average molecular weight is 442 g/mol. The second-order valence-electron chi connectivity index (χ2n) is 7.89. The minimum atomic E-state index is -3.83. The van der Waals surface area contributed by atoms with Gasteiger partial charge in [0.25, 0.3) is 10.0 Å². The summed E-state index contributed by atoms with van der Waals surface area (Å²) in [4.78, 5) is 4.33. The highest BCUT2D eigenvalue weighted by Crippen LogP contribution is 2.29. The molecule has 7 nitrogen and oxygen atoms in total. The lowest BCUT2D eigenvalue weighted by molar-refractivity contribution is 0.587. The van der Waals surface area contributed by atoms with Gasteiger partial charge in [0, 0.05) is 11.2 Å². The second kappa shape index (κ2) is 7.37. The van der Waals surface area contributed by atoms with Gasteiger partial charge < -0.3 is 0 Å². The van der Waals surface area contributed by atoms with Gasteiger partial charge in [-0.25, -0.2) is 18.1 Å². The first kappa shape index (κ1) is 20.3. The van der Waals surface area contributed by atoms with Gasteiger partial charge in [0.1, 0.15) is 5.52 Å². The number of benzene rings is 2. The van der Waals surface area contributed by atoms with Crippen LogP contribution in [0.25, 0.3) is 16.9 Å². The Morgan fingerprint density at radius 3 is 2.47 bits per heavy atom. The molecule has 0 saturated carbocycles. The molecular formula is C21H20ClN5O2S. The van der Waals surface area contributed by atoms with Gasteiger partial charge in [0.15, 0.2) is 0 Å². The maximum atomic E-state index is 13.0. The van der Waals surface area contributed by atoms with Crippen LogP contribution in [0.4, 0.5) is 5.69 Å². The predicted molar refractivity (Wildman–Crippen MR) is 118 cm³/mol. The molecule has 0 amide bonds. The smallest absolute Gasteiger partial charge is 0.261 e. The molecule has 0 aliphatic rings. The van der Waals surface area contributed by atoms with Crippen LogP contribution >= 0.6 is 11.6 Å².